The molecule has 0 spiro atoms. The lowest BCUT2D eigenvalue weighted by Crippen LogP contribution is -1.91. The molecule has 0 aromatic carbocycles. The molecule has 0 radical (unpaired) electrons. The van der Waals surface area contributed by atoms with Crippen LogP contribution in [0.5, 0.6) is 0 Å². The molecule has 0 amide bonds. The molecule has 0 saturated heterocycles. The summed E-state index contributed by atoms with van der Waals surface area (Å²) in [5, 5.41) is 0. The first-order chi connectivity index (χ1) is 5.56. The number of unbranched alkanes of at least 4 members (excludes halogenated alkanes) is 4. The van der Waals surface area contributed by atoms with E-state index in [1.807, 2.05) is 0 Å². The molecule has 0 aliphatic rings. The molecule has 74 valence electrons. The van der Waals surface area contributed by atoms with Gasteiger partial charge in [-0.25, -0.2) is 0 Å². The van der Waals surface area contributed by atoms with Gasteiger partial charge in [-0.05, 0) is 6.42 Å². The molecule has 0 aliphatic heterocycles. The molecule has 12 heavy (non-hydrogen) atoms. The van der Waals surface area contributed by atoms with Crippen molar-refractivity contribution in [2.45, 2.75) is 39.0 Å². The van der Waals surface area contributed by atoms with Gasteiger partial charge in [0, 0.05) is 6.66 Å². The Labute approximate surface area is 74.7 Å². The first kappa shape index (κ1) is 12.2. The van der Waals surface area contributed by atoms with Gasteiger partial charge in [0.15, 0.2) is 0 Å². The summed E-state index contributed by atoms with van der Waals surface area (Å²) in [6.07, 6.45) is 5.63. The number of rotatable bonds is 7. The maximum atomic E-state index is 10.6. The van der Waals surface area contributed by atoms with Crippen LogP contribution in [-0.4, -0.2) is 18.2 Å². The Morgan fingerprint density at radius 1 is 1.25 bits per heavy atom. The summed E-state index contributed by atoms with van der Waals surface area (Å²) in [7, 11) is -3.22. The van der Waals surface area contributed by atoms with E-state index in [4.69, 9.17) is 9.42 Å². The predicted octanol–water partition coefficient (Wildman–Crippen LogP) is 2.79. The summed E-state index contributed by atoms with van der Waals surface area (Å²) in [4.78, 5) is 8.75. The van der Waals surface area contributed by atoms with Crippen molar-refractivity contribution < 1.29 is 14.0 Å². The maximum absolute atomic E-state index is 10.6. The van der Waals surface area contributed by atoms with Crippen molar-refractivity contribution in [1.82, 2.24) is 0 Å². The molecular formula is C8H19O3P. The van der Waals surface area contributed by atoms with Crippen molar-refractivity contribution in [3.63, 3.8) is 0 Å². The summed E-state index contributed by atoms with van der Waals surface area (Å²) in [6.45, 7) is 3.79. The minimum absolute atomic E-state index is 0.411. The van der Waals surface area contributed by atoms with Crippen molar-refractivity contribution in [2.24, 2.45) is 0 Å². The van der Waals surface area contributed by atoms with E-state index in [0.29, 0.717) is 6.61 Å². The predicted molar refractivity (Wildman–Crippen MR) is 50.5 cm³/mol. The van der Waals surface area contributed by atoms with Crippen LogP contribution in [0.15, 0.2) is 0 Å². The van der Waals surface area contributed by atoms with Gasteiger partial charge in [-0.15, -0.1) is 0 Å². The Morgan fingerprint density at radius 3 is 2.33 bits per heavy atom. The van der Waals surface area contributed by atoms with E-state index in [0.717, 1.165) is 12.8 Å². The first-order valence-electron chi connectivity index (χ1n) is 4.51. The highest BCUT2D eigenvalue weighted by Crippen LogP contribution is 2.36. The lowest BCUT2D eigenvalue weighted by molar-refractivity contribution is 0.257. The standard InChI is InChI=1S/C8H19O3P/c1-3-4-5-6-7-8-11-12(2,9)10/h3-8H2,1-2H3,(H,9,10). The second kappa shape index (κ2) is 6.64. The summed E-state index contributed by atoms with van der Waals surface area (Å²) in [5.41, 5.74) is 0. The van der Waals surface area contributed by atoms with E-state index in [9.17, 15) is 4.57 Å². The van der Waals surface area contributed by atoms with Crippen molar-refractivity contribution in [3.8, 4) is 0 Å². The third-order valence-corrected chi connectivity index (χ3v) is 2.24. The van der Waals surface area contributed by atoms with Gasteiger partial charge in [-0.3, -0.25) is 4.57 Å². The highest BCUT2D eigenvalue weighted by atomic mass is 31.2. The summed E-state index contributed by atoms with van der Waals surface area (Å²) in [6, 6.07) is 0. The van der Waals surface area contributed by atoms with Crippen molar-refractivity contribution in [3.05, 3.63) is 0 Å². The van der Waals surface area contributed by atoms with Gasteiger partial charge in [0.1, 0.15) is 0 Å². The molecule has 0 aliphatic carbocycles. The van der Waals surface area contributed by atoms with E-state index in [1.165, 1.54) is 25.9 Å². The maximum Gasteiger partial charge on any atom is 0.325 e. The average molecular weight is 194 g/mol. The fourth-order valence-electron chi connectivity index (χ4n) is 0.940. The lowest BCUT2D eigenvalue weighted by Gasteiger charge is -2.05. The second-order valence-electron chi connectivity index (χ2n) is 3.05. The van der Waals surface area contributed by atoms with Crippen molar-refractivity contribution in [2.75, 3.05) is 13.3 Å². The van der Waals surface area contributed by atoms with Gasteiger partial charge in [-0.2, -0.15) is 0 Å². The quantitative estimate of drug-likeness (QED) is 0.500. The minimum Gasteiger partial charge on any atom is -0.324 e. The number of hydrogen-bond donors (Lipinski definition) is 1. The zero-order chi connectivity index (χ0) is 9.45. The lowest BCUT2D eigenvalue weighted by atomic mass is 10.2. The molecule has 1 unspecified atom stereocenters. The molecular weight excluding hydrogens is 175 g/mol. The van der Waals surface area contributed by atoms with Gasteiger partial charge in [0.05, 0.1) is 6.61 Å². The van der Waals surface area contributed by atoms with Gasteiger partial charge >= 0.3 is 7.60 Å². The Hall–Kier alpha value is 0.150. The molecule has 4 heteroatoms. The molecule has 3 nitrogen and oxygen atoms in total. The molecule has 0 saturated carbocycles. The molecule has 0 aromatic rings. The SMILES string of the molecule is CCCCCCCOP(C)(=O)O. The minimum atomic E-state index is -3.22. The van der Waals surface area contributed by atoms with Crippen LogP contribution in [0.4, 0.5) is 0 Å². The van der Waals surface area contributed by atoms with Gasteiger partial charge in [0.25, 0.3) is 0 Å². The van der Waals surface area contributed by atoms with Crippen LogP contribution in [-0.2, 0) is 9.09 Å². The topological polar surface area (TPSA) is 46.5 Å². The molecule has 0 rings (SSSR count). The summed E-state index contributed by atoms with van der Waals surface area (Å²) < 4.78 is 15.4. The Kier molecular flexibility index (Phi) is 6.73. The van der Waals surface area contributed by atoms with Crippen LogP contribution < -0.4 is 0 Å². The van der Waals surface area contributed by atoms with E-state index in [-0.39, 0.29) is 0 Å². The largest absolute Gasteiger partial charge is 0.325 e. The third-order valence-electron chi connectivity index (χ3n) is 1.58. The van der Waals surface area contributed by atoms with Crippen molar-refractivity contribution >= 4 is 7.60 Å². The van der Waals surface area contributed by atoms with Gasteiger partial charge < -0.3 is 9.42 Å². The van der Waals surface area contributed by atoms with Crippen LogP contribution >= 0.6 is 7.60 Å². The fraction of sp³-hybridized carbons (Fsp3) is 1.00. The van der Waals surface area contributed by atoms with Crippen LogP contribution in [0.3, 0.4) is 0 Å². The fourth-order valence-corrected chi connectivity index (χ4v) is 1.41. The monoisotopic (exact) mass is 194 g/mol. The molecule has 0 fully saturated rings. The number of hydrogen-bond acceptors (Lipinski definition) is 2. The van der Waals surface area contributed by atoms with Crippen LogP contribution in [0.25, 0.3) is 0 Å². The van der Waals surface area contributed by atoms with Crippen LogP contribution in [0.2, 0.25) is 0 Å². The van der Waals surface area contributed by atoms with Crippen LogP contribution in [0.1, 0.15) is 39.0 Å². The first-order valence-corrected chi connectivity index (χ1v) is 6.53. The van der Waals surface area contributed by atoms with E-state index in [2.05, 4.69) is 6.92 Å². The molecule has 1 atom stereocenters. The Balaban J connectivity index is 3.06. The molecule has 1 N–H and O–H groups in total. The van der Waals surface area contributed by atoms with E-state index in [1.54, 1.807) is 0 Å². The van der Waals surface area contributed by atoms with E-state index >= 15 is 0 Å². The highest BCUT2D eigenvalue weighted by molar-refractivity contribution is 7.51. The van der Waals surface area contributed by atoms with E-state index < -0.39 is 7.60 Å². The Morgan fingerprint density at radius 2 is 1.83 bits per heavy atom. The zero-order valence-corrected chi connectivity index (χ0v) is 8.85. The molecule has 0 aromatic heterocycles. The summed E-state index contributed by atoms with van der Waals surface area (Å²) in [5.74, 6) is 0. The highest BCUT2D eigenvalue weighted by Gasteiger charge is 2.07. The van der Waals surface area contributed by atoms with Crippen LogP contribution in [0, 0.1) is 0 Å². The zero-order valence-electron chi connectivity index (χ0n) is 7.95. The van der Waals surface area contributed by atoms with Gasteiger partial charge in [-0.1, -0.05) is 32.6 Å². The molecule has 0 bridgehead atoms. The smallest absolute Gasteiger partial charge is 0.324 e. The van der Waals surface area contributed by atoms with Gasteiger partial charge in [0.2, 0.25) is 0 Å². The summed E-state index contributed by atoms with van der Waals surface area (Å²) >= 11 is 0. The van der Waals surface area contributed by atoms with Crippen molar-refractivity contribution in [1.29, 1.82) is 0 Å². The second-order valence-corrected chi connectivity index (χ2v) is 4.91. The third kappa shape index (κ3) is 10.2. The molecule has 0 heterocycles. The normalized spacial score (nSPS) is 15.9. The average Bonchev–Trinajstić information content (AvgIpc) is 1.94. The Bertz CT molecular complexity index is 141.